The molecular formula is C11H8ClN3O2. The largest absolute Gasteiger partial charge is 0.506 e. The second-order valence-corrected chi connectivity index (χ2v) is 3.62. The number of aromatic hydroxyl groups is 1. The molecule has 17 heavy (non-hydrogen) atoms. The molecule has 2 rings (SSSR count). The highest BCUT2D eigenvalue weighted by molar-refractivity contribution is 6.32. The molecule has 0 bridgehead atoms. The van der Waals surface area contributed by atoms with E-state index in [1.54, 1.807) is 6.07 Å². The van der Waals surface area contributed by atoms with Crippen molar-refractivity contribution in [1.29, 1.82) is 0 Å². The fraction of sp³-hybridized carbons (Fsp3) is 0. The van der Waals surface area contributed by atoms with E-state index >= 15 is 0 Å². The quantitative estimate of drug-likeness (QED) is 0.855. The maximum atomic E-state index is 11.7. The van der Waals surface area contributed by atoms with Crippen LogP contribution in [0.15, 0.2) is 36.8 Å². The molecule has 0 saturated carbocycles. The Kier molecular flexibility index (Phi) is 3.20. The minimum absolute atomic E-state index is 0.0939. The Labute approximate surface area is 102 Å². The van der Waals surface area contributed by atoms with E-state index in [2.05, 4.69) is 15.3 Å². The van der Waals surface area contributed by atoms with Crippen molar-refractivity contribution >= 4 is 23.2 Å². The first-order chi connectivity index (χ1) is 8.16. The average molecular weight is 250 g/mol. The summed E-state index contributed by atoms with van der Waals surface area (Å²) in [6.45, 7) is 0. The fourth-order valence-corrected chi connectivity index (χ4v) is 1.32. The molecule has 1 amide bonds. The van der Waals surface area contributed by atoms with Crippen molar-refractivity contribution in [2.24, 2.45) is 0 Å². The number of nitrogens with one attached hydrogen (secondary N) is 1. The van der Waals surface area contributed by atoms with Crippen LogP contribution in [-0.2, 0) is 0 Å². The number of amides is 1. The molecule has 1 heterocycles. The molecule has 1 aromatic heterocycles. The number of hydrogen-bond donors (Lipinski definition) is 2. The van der Waals surface area contributed by atoms with Crippen LogP contribution >= 0.6 is 11.6 Å². The molecule has 0 aliphatic carbocycles. The molecule has 1 aromatic carbocycles. The maximum absolute atomic E-state index is 11.7. The van der Waals surface area contributed by atoms with Gasteiger partial charge < -0.3 is 10.4 Å². The number of aromatic nitrogens is 2. The van der Waals surface area contributed by atoms with Crippen LogP contribution in [0, 0.1) is 0 Å². The molecule has 0 aliphatic rings. The third kappa shape index (κ3) is 2.70. The molecule has 2 N–H and O–H groups in total. The molecule has 0 fully saturated rings. The van der Waals surface area contributed by atoms with Gasteiger partial charge in [0.2, 0.25) is 0 Å². The number of carbonyl (C=O) groups excluding carboxylic acids is 1. The zero-order valence-electron chi connectivity index (χ0n) is 8.59. The number of phenolic OH excluding ortho intramolecular Hbond substituents is 1. The van der Waals surface area contributed by atoms with E-state index in [1.807, 2.05) is 0 Å². The molecule has 0 saturated heterocycles. The summed E-state index contributed by atoms with van der Waals surface area (Å²) in [5.41, 5.74) is 0.629. The zero-order valence-corrected chi connectivity index (χ0v) is 9.35. The average Bonchev–Trinajstić information content (AvgIpc) is 2.35. The van der Waals surface area contributed by atoms with Crippen LogP contribution in [0.1, 0.15) is 10.5 Å². The summed E-state index contributed by atoms with van der Waals surface area (Å²) in [5, 5.41) is 12.2. The summed E-state index contributed by atoms with van der Waals surface area (Å²) in [6, 6.07) is 4.43. The molecule has 0 spiro atoms. The van der Waals surface area contributed by atoms with Gasteiger partial charge in [0.05, 0.1) is 11.2 Å². The number of benzene rings is 1. The first-order valence-electron chi connectivity index (χ1n) is 4.72. The molecule has 2 aromatic rings. The van der Waals surface area contributed by atoms with E-state index in [4.69, 9.17) is 11.6 Å². The molecule has 6 heteroatoms. The number of phenols is 1. The van der Waals surface area contributed by atoms with E-state index < -0.39 is 5.91 Å². The van der Waals surface area contributed by atoms with Gasteiger partial charge in [-0.1, -0.05) is 11.6 Å². The number of nitrogens with zero attached hydrogens (tertiary/aromatic N) is 2. The normalized spacial score (nSPS) is 9.94. The van der Waals surface area contributed by atoms with E-state index in [0.29, 0.717) is 5.69 Å². The van der Waals surface area contributed by atoms with E-state index in [9.17, 15) is 9.90 Å². The van der Waals surface area contributed by atoms with Crippen molar-refractivity contribution in [1.82, 2.24) is 9.97 Å². The minimum Gasteiger partial charge on any atom is -0.506 e. The Hall–Kier alpha value is -2.14. The van der Waals surface area contributed by atoms with Gasteiger partial charge in [-0.3, -0.25) is 9.78 Å². The molecular weight excluding hydrogens is 242 g/mol. The topological polar surface area (TPSA) is 75.1 Å². The Morgan fingerprint density at radius 2 is 2.18 bits per heavy atom. The first-order valence-corrected chi connectivity index (χ1v) is 5.10. The van der Waals surface area contributed by atoms with Crippen molar-refractivity contribution in [2.45, 2.75) is 0 Å². The van der Waals surface area contributed by atoms with E-state index in [1.165, 1.54) is 30.7 Å². The molecule has 86 valence electrons. The number of anilines is 1. The number of halogens is 1. The standard InChI is InChI=1S/C11H8ClN3O2/c12-8-2-1-7(5-10(8)16)15-11(17)9-6-13-3-4-14-9/h1-6,16H,(H,15,17). The van der Waals surface area contributed by atoms with E-state index in [-0.39, 0.29) is 16.5 Å². The van der Waals surface area contributed by atoms with Gasteiger partial charge in [-0.25, -0.2) is 4.98 Å². The lowest BCUT2D eigenvalue weighted by Gasteiger charge is -2.05. The van der Waals surface area contributed by atoms with Gasteiger partial charge in [-0.2, -0.15) is 0 Å². The van der Waals surface area contributed by atoms with Crippen LogP contribution in [-0.4, -0.2) is 21.0 Å². The summed E-state index contributed by atoms with van der Waals surface area (Å²) >= 11 is 5.65. The second kappa shape index (κ2) is 4.80. The Morgan fingerprint density at radius 3 is 2.82 bits per heavy atom. The van der Waals surface area contributed by atoms with Crippen molar-refractivity contribution in [3.8, 4) is 5.75 Å². The summed E-state index contributed by atoms with van der Waals surface area (Å²) in [7, 11) is 0. The SMILES string of the molecule is O=C(Nc1ccc(Cl)c(O)c1)c1cnccn1. The smallest absolute Gasteiger partial charge is 0.275 e. The molecule has 5 nitrogen and oxygen atoms in total. The summed E-state index contributed by atoms with van der Waals surface area (Å²) in [6.07, 6.45) is 4.25. The third-order valence-electron chi connectivity index (χ3n) is 2.00. The van der Waals surface area contributed by atoms with Gasteiger partial charge in [-0.05, 0) is 12.1 Å². The number of carbonyl (C=O) groups is 1. The summed E-state index contributed by atoms with van der Waals surface area (Å²) < 4.78 is 0. The zero-order chi connectivity index (χ0) is 12.3. The fourth-order valence-electron chi connectivity index (χ4n) is 1.20. The van der Waals surface area contributed by atoms with Crippen molar-refractivity contribution < 1.29 is 9.90 Å². The first kappa shape index (κ1) is 11.3. The lowest BCUT2D eigenvalue weighted by molar-refractivity contribution is 0.102. The van der Waals surface area contributed by atoms with Crippen LogP contribution in [0.25, 0.3) is 0 Å². The highest BCUT2D eigenvalue weighted by Gasteiger charge is 2.08. The molecule has 0 aliphatic heterocycles. The van der Waals surface area contributed by atoms with Crippen LogP contribution in [0.2, 0.25) is 5.02 Å². The van der Waals surface area contributed by atoms with Crippen molar-refractivity contribution in [3.63, 3.8) is 0 Å². The minimum atomic E-state index is -0.403. The van der Waals surface area contributed by atoms with Gasteiger partial charge >= 0.3 is 0 Å². The highest BCUT2D eigenvalue weighted by atomic mass is 35.5. The van der Waals surface area contributed by atoms with Gasteiger partial charge in [0, 0.05) is 24.1 Å². The van der Waals surface area contributed by atoms with Crippen LogP contribution in [0.3, 0.4) is 0 Å². The Morgan fingerprint density at radius 1 is 1.35 bits per heavy atom. The van der Waals surface area contributed by atoms with Crippen molar-refractivity contribution in [3.05, 3.63) is 47.5 Å². The molecule has 0 unspecified atom stereocenters. The Bertz CT molecular complexity index is 546. The maximum Gasteiger partial charge on any atom is 0.275 e. The van der Waals surface area contributed by atoms with Gasteiger partial charge in [0.15, 0.2) is 0 Å². The second-order valence-electron chi connectivity index (χ2n) is 3.21. The highest BCUT2D eigenvalue weighted by Crippen LogP contribution is 2.26. The van der Waals surface area contributed by atoms with Crippen molar-refractivity contribution in [2.75, 3.05) is 5.32 Å². The summed E-state index contributed by atoms with van der Waals surface area (Å²) in [4.78, 5) is 19.3. The predicted molar refractivity (Wildman–Crippen MR) is 63.1 cm³/mol. The lowest BCUT2D eigenvalue weighted by atomic mass is 10.3. The predicted octanol–water partition coefficient (Wildman–Crippen LogP) is 2.09. The van der Waals surface area contributed by atoms with Crippen LogP contribution in [0.4, 0.5) is 5.69 Å². The van der Waals surface area contributed by atoms with Crippen LogP contribution < -0.4 is 5.32 Å². The molecule has 0 radical (unpaired) electrons. The van der Waals surface area contributed by atoms with E-state index in [0.717, 1.165) is 0 Å². The lowest BCUT2D eigenvalue weighted by Crippen LogP contribution is -2.13. The van der Waals surface area contributed by atoms with Gasteiger partial charge in [-0.15, -0.1) is 0 Å². The third-order valence-corrected chi connectivity index (χ3v) is 2.32. The number of rotatable bonds is 2. The summed E-state index contributed by atoms with van der Waals surface area (Å²) in [5.74, 6) is -0.497. The number of hydrogen-bond acceptors (Lipinski definition) is 4. The molecule has 0 atom stereocenters. The van der Waals surface area contributed by atoms with Gasteiger partial charge in [0.1, 0.15) is 11.4 Å². The van der Waals surface area contributed by atoms with Gasteiger partial charge in [0.25, 0.3) is 5.91 Å². The van der Waals surface area contributed by atoms with Crippen LogP contribution in [0.5, 0.6) is 5.75 Å². The Balaban J connectivity index is 2.16. The monoisotopic (exact) mass is 249 g/mol.